The molecule has 0 atom stereocenters. The first-order chi connectivity index (χ1) is 19.7. The molecular formula is C34H53N5OS. The maximum absolute atomic E-state index is 10.8. The zero-order chi connectivity index (χ0) is 31.6. The minimum absolute atomic E-state index is 0.0159. The van der Waals surface area contributed by atoms with Gasteiger partial charge < -0.3 is 10.2 Å². The molecule has 0 aliphatic carbocycles. The highest BCUT2D eigenvalue weighted by atomic mass is 32.2. The first kappa shape index (κ1) is 39.7. The lowest BCUT2D eigenvalue weighted by Crippen LogP contribution is -2.27. The lowest BCUT2D eigenvalue weighted by atomic mass is 10.1. The molecule has 0 fully saturated rings. The van der Waals surface area contributed by atoms with Gasteiger partial charge in [-0.15, -0.1) is 6.58 Å². The van der Waals surface area contributed by atoms with E-state index in [1.807, 2.05) is 102 Å². The van der Waals surface area contributed by atoms with Crippen molar-refractivity contribution >= 4 is 34.9 Å². The normalized spacial score (nSPS) is 9.34. The standard InChI is InChI=1S/C18H23N5OS.C9H12.C3H6.2C2H6/c1-14(24)19-12-13-20-25-18-10-6-16(7-11-18)22-21-15-4-8-17(9-5-15)23(2)3;1-7-4-5-8(2)9(3)6-7;1-3-2;2*1-2/h4-11,20H,12-13H2,1-3H3,(H,19,24);4-6H,1-3H3;3H,1H2,2H3;2*1-2H3. The van der Waals surface area contributed by atoms with Crippen molar-refractivity contribution in [3.05, 3.63) is 96.1 Å². The van der Waals surface area contributed by atoms with Crippen molar-refractivity contribution in [3.63, 3.8) is 0 Å². The summed E-state index contributed by atoms with van der Waals surface area (Å²) in [7, 11) is 4.01. The summed E-state index contributed by atoms with van der Waals surface area (Å²) >= 11 is 1.52. The van der Waals surface area contributed by atoms with E-state index in [4.69, 9.17) is 0 Å². The maximum atomic E-state index is 10.8. The number of carbonyl (C=O) groups excluding carboxylic acids is 1. The van der Waals surface area contributed by atoms with E-state index in [2.05, 4.69) is 65.8 Å². The van der Waals surface area contributed by atoms with Crippen molar-refractivity contribution in [3.8, 4) is 0 Å². The summed E-state index contributed by atoms with van der Waals surface area (Å²) < 4.78 is 3.19. The SMILES string of the molecule is C=CC.CC.CC.CC(=O)NCCNSc1ccc(N=Nc2ccc(N(C)C)cc2)cc1.Cc1ccc(C)c(C)c1. The third-order valence-electron chi connectivity index (χ3n) is 4.94. The fraction of sp³-hybridized carbons (Fsp3) is 0.382. The Morgan fingerprint density at radius 3 is 1.73 bits per heavy atom. The van der Waals surface area contributed by atoms with Crippen molar-refractivity contribution < 1.29 is 4.79 Å². The molecule has 0 saturated carbocycles. The molecule has 226 valence electrons. The van der Waals surface area contributed by atoms with Crippen LogP contribution in [0.25, 0.3) is 0 Å². The summed E-state index contributed by atoms with van der Waals surface area (Å²) in [5, 5.41) is 11.2. The van der Waals surface area contributed by atoms with Gasteiger partial charge in [0, 0.05) is 44.7 Å². The van der Waals surface area contributed by atoms with Gasteiger partial charge in [0.15, 0.2) is 0 Å². The molecule has 0 bridgehead atoms. The Balaban J connectivity index is 0. The highest BCUT2D eigenvalue weighted by Gasteiger charge is 1.97. The van der Waals surface area contributed by atoms with Crippen LogP contribution in [0.1, 0.15) is 58.2 Å². The second-order valence-corrected chi connectivity index (χ2v) is 9.54. The van der Waals surface area contributed by atoms with Gasteiger partial charge in [0.05, 0.1) is 11.4 Å². The van der Waals surface area contributed by atoms with Gasteiger partial charge in [-0.25, -0.2) is 0 Å². The van der Waals surface area contributed by atoms with Gasteiger partial charge in [0.25, 0.3) is 0 Å². The van der Waals surface area contributed by atoms with Crippen LogP contribution >= 0.6 is 11.9 Å². The molecule has 1 amide bonds. The smallest absolute Gasteiger partial charge is 0.216 e. The van der Waals surface area contributed by atoms with Crippen LogP contribution in [0.4, 0.5) is 17.1 Å². The van der Waals surface area contributed by atoms with Gasteiger partial charge in [0.1, 0.15) is 0 Å². The Bertz CT molecular complexity index is 1110. The lowest BCUT2D eigenvalue weighted by molar-refractivity contribution is -0.118. The molecule has 0 radical (unpaired) electrons. The number of amides is 1. The van der Waals surface area contributed by atoms with Crippen LogP contribution in [-0.4, -0.2) is 33.1 Å². The number of aryl methyl sites for hydroxylation is 3. The second kappa shape index (κ2) is 25.5. The summed E-state index contributed by atoms with van der Waals surface area (Å²) in [6.07, 6.45) is 1.75. The topological polar surface area (TPSA) is 69.1 Å². The van der Waals surface area contributed by atoms with Gasteiger partial charge in [-0.05, 0) is 99.3 Å². The Morgan fingerprint density at radius 1 is 0.829 bits per heavy atom. The largest absolute Gasteiger partial charge is 0.378 e. The molecule has 0 aliphatic rings. The summed E-state index contributed by atoms with van der Waals surface area (Å²) in [5.74, 6) is -0.0159. The summed E-state index contributed by atoms with van der Waals surface area (Å²) in [6, 6.07) is 22.2. The number of rotatable bonds is 8. The number of carbonyl (C=O) groups is 1. The van der Waals surface area contributed by atoms with Crippen LogP contribution in [0, 0.1) is 20.8 Å². The molecule has 7 heteroatoms. The summed E-state index contributed by atoms with van der Waals surface area (Å²) in [6.45, 7) is 22.5. The zero-order valence-corrected chi connectivity index (χ0v) is 28.0. The van der Waals surface area contributed by atoms with E-state index >= 15 is 0 Å². The summed E-state index contributed by atoms with van der Waals surface area (Å²) in [5.41, 5.74) is 6.86. The number of hydrogen-bond acceptors (Lipinski definition) is 6. The first-order valence-corrected chi connectivity index (χ1v) is 15.0. The minimum Gasteiger partial charge on any atom is -0.378 e. The van der Waals surface area contributed by atoms with E-state index in [-0.39, 0.29) is 5.91 Å². The van der Waals surface area contributed by atoms with Crippen LogP contribution in [0.15, 0.2) is 94.5 Å². The van der Waals surface area contributed by atoms with E-state index in [0.717, 1.165) is 22.0 Å². The van der Waals surface area contributed by atoms with Crippen molar-refractivity contribution in [2.75, 3.05) is 32.1 Å². The molecule has 6 nitrogen and oxygen atoms in total. The predicted molar refractivity (Wildman–Crippen MR) is 183 cm³/mol. The number of allylic oxidation sites excluding steroid dienone is 1. The molecule has 2 N–H and O–H groups in total. The van der Waals surface area contributed by atoms with Crippen molar-refractivity contribution in [2.24, 2.45) is 10.2 Å². The predicted octanol–water partition coefficient (Wildman–Crippen LogP) is 9.76. The van der Waals surface area contributed by atoms with Crippen LogP contribution in [0.5, 0.6) is 0 Å². The molecule has 0 saturated heterocycles. The van der Waals surface area contributed by atoms with Gasteiger partial charge >= 0.3 is 0 Å². The Hall–Kier alpha value is -3.42. The molecule has 3 aromatic rings. The van der Waals surface area contributed by atoms with Crippen LogP contribution in [0.2, 0.25) is 0 Å². The van der Waals surface area contributed by atoms with Crippen LogP contribution in [-0.2, 0) is 4.79 Å². The molecule has 0 spiro atoms. The van der Waals surface area contributed by atoms with Gasteiger partial charge in [-0.2, -0.15) is 10.2 Å². The summed E-state index contributed by atoms with van der Waals surface area (Å²) in [4.78, 5) is 13.9. The molecule has 3 rings (SSSR count). The fourth-order valence-electron chi connectivity index (χ4n) is 2.83. The number of benzene rings is 3. The third-order valence-corrected chi connectivity index (χ3v) is 5.79. The second-order valence-electron chi connectivity index (χ2n) is 8.58. The number of hydrogen-bond donors (Lipinski definition) is 2. The lowest BCUT2D eigenvalue weighted by Gasteiger charge is -2.11. The fourth-order valence-corrected chi connectivity index (χ4v) is 3.47. The van der Waals surface area contributed by atoms with E-state index in [1.54, 1.807) is 6.08 Å². The molecule has 0 aliphatic heterocycles. The quantitative estimate of drug-likeness (QED) is 0.121. The highest BCUT2D eigenvalue weighted by molar-refractivity contribution is 7.97. The average molecular weight is 580 g/mol. The number of nitrogens with one attached hydrogen (secondary N) is 2. The van der Waals surface area contributed by atoms with Crippen molar-refractivity contribution in [2.45, 2.75) is 67.2 Å². The third kappa shape index (κ3) is 20.2. The van der Waals surface area contributed by atoms with E-state index in [1.165, 1.54) is 35.6 Å². The molecular weight excluding hydrogens is 526 g/mol. The van der Waals surface area contributed by atoms with Crippen LogP contribution < -0.4 is 14.9 Å². The van der Waals surface area contributed by atoms with Crippen LogP contribution in [0.3, 0.4) is 0 Å². The van der Waals surface area contributed by atoms with E-state index in [0.29, 0.717) is 13.1 Å². The Kier molecular flexibility index (Phi) is 24.7. The highest BCUT2D eigenvalue weighted by Crippen LogP contribution is 2.23. The Morgan fingerprint density at radius 2 is 1.32 bits per heavy atom. The zero-order valence-electron chi connectivity index (χ0n) is 27.2. The number of azo groups is 1. The molecule has 0 unspecified atom stereocenters. The number of anilines is 1. The Labute approximate surface area is 254 Å². The number of nitrogens with zero attached hydrogens (tertiary/aromatic N) is 3. The maximum Gasteiger partial charge on any atom is 0.216 e. The van der Waals surface area contributed by atoms with Gasteiger partial charge in [0.2, 0.25) is 5.91 Å². The average Bonchev–Trinajstić information content (AvgIpc) is 2.97. The van der Waals surface area contributed by atoms with E-state index < -0.39 is 0 Å². The van der Waals surface area contributed by atoms with Crippen molar-refractivity contribution in [1.29, 1.82) is 0 Å². The van der Waals surface area contributed by atoms with Crippen molar-refractivity contribution in [1.82, 2.24) is 10.0 Å². The molecule has 0 heterocycles. The van der Waals surface area contributed by atoms with Gasteiger partial charge in [-0.3, -0.25) is 9.52 Å². The monoisotopic (exact) mass is 579 g/mol. The molecule has 0 aromatic heterocycles. The first-order valence-electron chi connectivity index (χ1n) is 14.2. The van der Waals surface area contributed by atoms with Gasteiger partial charge in [-0.1, -0.05) is 57.5 Å². The van der Waals surface area contributed by atoms with E-state index in [9.17, 15) is 4.79 Å². The molecule has 3 aromatic carbocycles. The molecule has 41 heavy (non-hydrogen) atoms. The minimum atomic E-state index is -0.0159.